The van der Waals surface area contributed by atoms with E-state index in [1.54, 1.807) is 4.90 Å². The Morgan fingerprint density at radius 3 is 3.07 bits per heavy atom. The zero-order chi connectivity index (χ0) is 10.8. The van der Waals surface area contributed by atoms with E-state index in [-0.39, 0.29) is 11.9 Å². The van der Waals surface area contributed by atoms with E-state index in [9.17, 15) is 4.79 Å². The third-order valence-corrected chi connectivity index (χ3v) is 3.23. The first-order chi connectivity index (χ1) is 7.22. The number of nitrogens with one attached hydrogen (secondary N) is 1. The number of carbonyl (C=O) groups is 1. The molecule has 1 N–H and O–H groups in total. The number of carbonyl (C=O) groups excluding carboxylic acids is 1. The fourth-order valence-electron chi connectivity index (χ4n) is 1.70. The van der Waals surface area contributed by atoms with Gasteiger partial charge in [-0.2, -0.15) is 4.37 Å². The fourth-order valence-corrected chi connectivity index (χ4v) is 2.41. The number of nitrogens with zero attached hydrogens (tertiary/aromatic N) is 3. The lowest BCUT2D eigenvalue weighted by Crippen LogP contribution is -2.38. The molecule has 1 aliphatic heterocycles. The van der Waals surface area contributed by atoms with Crippen LogP contribution < -0.4 is 10.2 Å². The molecular weight excluding hydrogens is 212 g/mol. The van der Waals surface area contributed by atoms with Crippen molar-refractivity contribution < 1.29 is 4.79 Å². The Morgan fingerprint density at radius 1 is 1.67 bits per heavy atom. The Kier molecular flexibility index (Phi) is 2.97. The lowest BCUT2D eigenvalue weighted by Gasteiger charge is -2.12. The van der Waals surface area contributed by atoms with Crippen molar-refractivity contribution in [3.05, 3.63) is 5.82 Å². The third-order valence-electron chi connectivity index (χ3n) is 2.40. The summed E-state index contributed by atoms with van der Waals surface area (Å²) >= 11 is 1.29. The summed E-state index contributed by atoms with van der Waals surface area (Å²) in [5.74, 6) is 0.850. The third kappa shape index (κ3) is 2.00. The minimum atomic E-state index is -0.0424. The largest absolute Gasteiger partial charge is 0.306 e. The summed E-state index contributed by atoms with van der Waals surface area (Å²) in [4.78, 5) is 17.9. The van der Waals surface area contributed by atoms with Crippen LogP contribution in [0.3, 0.4) is 0 Å². The van der Waals surface area contributed by atoms with Crippen molar-refractivity contribution in [1.29, 1.82) is 0 Å². The molecule has 0 bridgehead atoms. The maximum atomic E-state index is 11.9. The number of amides is 1. The summed E-state index contributed by atoms with van der Waals surface area (Å²) in [6.07, 6.45) is 0.852. The van der Waals surface area contributed by atoms with E-state index in [0.29, 0.717) is 0 Å². The Labute approximate surface area is 92.7 Å². The normalized spacial score (nSPS) is 21.3. The van der Waals surface area contributed by atoms with Gasteiger partial charge in [-0.1, -0.05) is 6.92 Å². The Hall–Kier alpha value is -1.01. The average molecular weight is 226 g/mol. The molecule has 15 heavy (non-hydrogen) atoms. The highest BCUT2D eigenvalue weighted by molar-refractivity contribution is 7.09. The second-order valence-electron chi connectivity index (χ2n) is 3.51. The van der Waals surface area contributed by atoms with Gasteiger partial charge < -0.3 is 5.32 Å². The van der Waals surface area contributed by atoms with Gasteiger partial charge >= 0.3 is 0 Å². The van der Waals surface area contributed by atoms with Crippen LogP contribution in [0.2, 0.25) is 0 Å². The molecule has 1 saturated heterocycles. The van der Waals surface area contributed by atoms with Gasteiger partial charge in [0.15, 0.2) is 0 Å². The van der Waals surface area contributed by atoms with E-state index in [4.69, 9.17) is 0 Å². The Morgan fingerprint density at radius 2 is 2.47 bits per heavy atom. The molecule has 1 fully saturated rings. The zero-order valence-electron chi connectivity index (χ0n) is 8.86. The van der Waals surface area contributed by atoms with Crippen molar-refractivity contribution in [2.45, 2.75) is 26.3 Å². The summed E-state index contributed by atoms with van der Waals surface area (Å²) in [6.45, 7) is 5.40. The number of hydrogen-bond donors (Lipinski definition) is 1. The number of hydrogen-bond acceptors (Lipinski definition) is 5. The van der Waals surface area contributed by atoms with Gasteiger partial charge in [-0.15, -0.1) is 0 Å². The molecule has 1 aromatic heterocycles. The first kappa shape index (κ1) is 10.5. The summed E-state index contributed by atoms with van der Waals surface area (Å²) in [6, 6.07) is -0.0424. The van der Waals surface area contributed by atoms with Crippen LogP contribution in [-0.4, -0.2) is 34.4 Å². The van der Waals surface area contributed by atoms with Gasteiger partial charge in [0.2, 0.25) is 11.0 Å². The van der Waals surface area contributed by atoms with E-state index < -0.39 is 0 Å². The maximum absolute atomic E-state index is 11.9. The zero-order valence-corrected chi connectivity index (χ0v) is 9.67. The molecule has 1 unspecified atom stereocenters. The molecule has 2 heterocycles. The number of likely N-dealkylation sites (N-methyl/N-ethyl adjacent to an activating group) is 1. The molecule has 0 saturated carbocycles. The van der Waals surface area contributed by atoms with Gasteiger partial charge in [-0.05, 0) is 19.9 Å². The lowest BCUT2D eigenvalue weighted by molar-refractivity contribution is -0.118. The first-order valence-electron chi connectivity index (χ1n) is 5.07. The molecule has 0 aliphatic carbocycles. The van der Waals surface area contributed by atoms with Gasteiger partial charge in [-0.25, -0.2) is 4.98 Å². The van der Waals surface area contributed by atoms with Crippen LogP contribution in [0.4, 0.5) is 5.13 Å². The molecular formula is C9H14N4OS. The standard InChI is InChI=1S/C9H14N4OS/c1-3-10-7-4-5-13(8(7)14)9-11-6(2)12-15-9/h7,10H,3-5H2,1-2H3. The predicted octanol–water partition coefficient (Wildman–Crippen LogP) is 0.561. The summed E-state index contributed by atoms with van der Waals surface area (Å²) in [5.41, 5.74) is 0. The van der Waals surface area contributed by atoms with Crippen molar-refractivity contribution in [1.82, 2.24) is 14.7 Å². The molecule has 0 spiro atoms. The molecule has 1 atom stereocenters. The topological polar surface area (TPSA) is 58.1 Å². The summed E-state index contributed by atoms with van der Waals surface area (Å²) in [5, 5.41) is 3.89. The van der Waals surface area contributed by atoms with Gasteiger partial charge in [0.05, 0.1) is 6.04 Å². The lowest BCUT2D eigenvalue weighted by atomic mass is 10.2. The second-order valence-corrected chi connectivity index (χ2v) is 4.24. The van der Waals surface area contributed by atoms with Gasteiger partial charge in [0.1, 0.15) is 5.82 Å². The maximum Gasteiger partial charge on any atom is 0.246 e. The van der Waals surface area contributed by atoms with Crippen LogP contribution in [0.25, 0.3) is 0 Å². The van der Waals surface area contributed by atoms with Crippen molar-refractivity contribution in [2.75, 3.05) is 18.0 Å². The number of rotatable bonds is 3. The van der Waals surface area contributed by atoms with Gasteiger partial charge in [0.25, 0.3) is 0 Å². The summed E-state index contributed by atoms with van der Waals surface area (Å²) < 4.78 is 4.08. The van der Waals surface area contributed by atoms with Crippen molar-refractivity contribution >= 4 is 22.6 Å². The van der Waals surface area contributed by atoms with E-state index in [1.165, 1.54) is 11.5 Å². The van der Waals surface area contributed by atoms with Crippen LogP contribution in [0.5, 0.6) is 0 Å². The SMILES string of the molecule is CCNC1CCN(c2nc(C)ns2)C1=O. The molecule has 0 radical (unpaired) electrons. The predicted molar refractivity (Wildman–Crippen MR) is 59.1 cm³/mol. The quantitative estimate of drug-likeness (QED) is 0.818. The summed E-state index contributed by atoms with van der Waals surface area (Å²) in [7, 11) is 0. The van der Waals surface area contributed by atoms with Crippen LogP contribution in [0.15, 0.2) is 0 Å². The Bertz CT molecular complexity index is 365. The number of aromatic nitrogens is 2. The van der Waals surface area contributed by atoms with Crippen LogP contribution in [0.1, 0.15) is 19.2 Å². The highest BCUT2D eigenvalue weighted by atomic mass is 32.1. The molecule has 1 aromatic rings. The van der Waals surface area contributed by atoms with Crippen molar-refractivity contribution in [2.24, 2.45) is 0 Å². The van der Waals surface area contributed by atoms with Crippen molar-refractivity contribution in [3.63, 3.8) is 0 Å². The van der Waals surface area contributed by atoms with Crippen LogP contribution >= 0.6 is 11.5 Å². The van der Waals surface area contributed by atoms with Gasteiger partial charge in [0, 0.05) is 18.1 Å². The second kappa shape index (κ2) is 4.24. The highest BCUT2D eigenvalue weighted by Gasteiger charge is 2.33. The van der Waals surface area contributed by atoms with E-state index >= 15 is 0 Å². The molecule has 1 aliphatic rings. The first-order valence-corrected chi connectivity index (χ1v) is 5.84. The number of anilines is 1. The minimum absolute atomic E-state index is 0.0424. The monoisotopic (exact) mass is 226 g/mol. The van der Waals surface area contributed by atoms with Crippen molar-refractivity contribution in [3.8, 4) is 0 Å². The molecule has 6 heteroatoms. The minimum Gasteiger partial charge on any atom is -0.306 e. The molecule has 1 amide bonds. The highest BCUT2D eigenvalue weighted by Crippen LogP contribution is 2.22. The van der Waals surface area contributed by atoms with Crippen LogP contribution in [-0.2, 0) is 4.79 Å². The van der Waals surface area contributed by atoms with E-state index in [2.05, 4.69) is 14.7 Å². The Balaban J connectivity index is 2.10. The fraction of sp³-hybridized carbons (Fsp3) is 0.667. The molecule has 0 aromatic carbocycles. The average Bonchev–Trinajstić information content (AvgIpc) is 2.76. The molecule has 5 nitrogen and oxygen atoms in total. The van der Waals surface area contributed by atoms with E-state index in [1.807, 2.05) is 13.8 Å². The van der Waals surface area contributed by atoms with Crippen LogP contribution in [0, 0.1) is 6.92 Å². The van der Waals surface area contributed by atoms with E-state index in [0.717, 1.165) is 30.5 Å². The number of aryl methyl sites for hydroxylation is 1. The smallest absolute Gasteiger partial charge is 0.246 e. The van der Waals surface area contributed by atoms with Gasteiger partial charge in [-0.3, -0.25) is 9.69 Å². The molecule has 2 rings (SSSR count). The molecule has 82 valence electrons.